The van der Waals surface area contributed by atoms with Gasteiger partial charge in [0, 0.05) is 25.5 Å². The van der Waals surface area contributed by atoms with E-state index in [0.29, 0.717) is 43.2 Å². The first-order chi connectivity index (χ1) is 15.0. The van der Waals surface area contributed by atoms with Gasteiger partial charge < -0.3 is 19.5 Å². The van der Waals surface area contributed by atoms with Gasteiger partial charge in [-0.15, -0.1) is 0 Å². The van der Waals surface area contributed by atoms with Crippen LogP contribution in [0.3, 0.4) is 0 Å². The van der Waals surface area contributed by atoms with Crippen molar-refractivity contribution < 1.29 is 14.6 Å². The number of H-pyrrole nitrogens is 1. The maximum Gasteiger partial charge on any atom is 0.290 e. The molecule has 5 rings (SSSR count). The smallest absolute Gasteiger partial charge is 0.290 e. The summed E-state index contributed by atoms with van der Waals surface area (Å²) in [6, 6.07) is 7.68. The molecule has 1 aromatic carbocycles. The minimum Gasteiger partial charge on any atom is -0.488 e. The number of benzene rings is 1. The highest BCUT2D eigenvalue weighted by Crippen LogP contribution is 2.40. The molecule has 0 radical (unpaired) electrons. The SMILES string of the molecule is Cn1nc(-c2n[nH]c3ccc(OC4(C)CC4)cc23)cc(N2CCO[C@H](CO)CC2)c1=O. The molecule has 0 unspecified atom stereocenters. The number of aromatic nitrogens is 4. The molecule has 9 heteroatoms. The number of aryl methyl sites for hydroxylation is 1. The predicted octanol–water partition coefficient (Wildman–Crippen LogP) is 1.84. The first-order valence-electron chi connectivity index (χ1n) is 10.7. The number of rotatable bonds is 5. The summed E-state index contributed by atoms with van der Waals surface area (Å²) in [7, 11) is 1.65. The maximum absolute atomic E-state index is 12.9. The van der Waals surface area contributed by atoms with Gasteiger partial charge in [0.15, 0.2) is 0 Å². The van der Waals surface area contributed by atoms with Crippen LogP contribution in [0.5, 0.6) is 5.75 Å². The van der Waals surface area contributed by atoms with E-state index < -0.39 is 0 Å². The number of nitrogens with zero attached hydrogens (tertiary/aromatic N) is 4. The van der Waals surface area contributed by atoms with Crippen LogP contribution in [-0.4, -0.2) is 63.1 Å². The third kappa shape index (κ3) is 3.90. The molecule has 31 heavy (non-hydrogen) atoms. The Hall–Kier alpha value is -2.91. The Morgan fingerprint density at radius 3 is 2.94 bits per heavy atom. The number of aliphatic hydroxyl groups is 1. The molecule has 1 aliphatic carbocycles. The lowest BCUT2D eigenvalue weighted by molar-refractivity contribution is 0.0222. The van der Waals surface area contributed by atoms with Crippen molar-refractivity contribution in [1.82, 2.24) is 20.0 Å². The van der Waals surface area contributed by atoms with Gasteiger partial charge in [-0.05, 0) is 50.5 Å². The minimum absolute atomic E-state index is 0.0177. The van der Waals surface area contributed by atoms with Gasteiger partial charge in [-0.2, -0.15) is 10.2 Å². The van der Waals surface area contributed by atoms with E-state index in [4.69, 9.17) is 9.47 Å². The second kappa shape index (κ2) is 7.65. The normalized spacial score (nSPS) is 20.6. The lowest BCUT2D eigenvalue weighted by atomic mass is 10.1. The largest absolute Gasteiger partial charge is 0.488 e. The Balaban J connectivity index is 1.52. The molecule has 1 atom stereocenters. The van der Waals surface area contributed by atoms with Gasteiger partial charge >= 0.3 is 0 Å². The highest BCUT2D eigenvalue weighted by molar-refractivity contribution is 5.93. The monoisotopic (exact) mass is 425 g/mol. The zero-order valence-electron chi connectivity index (χ0n) is 17.8. The zero-order chi connectivity index (χ0) is 21.6. The molecule has 164 valence electrons. The van der Waals surface area contributed by atoms with Crippen LogP contribution in [0.2, 0.25) is 0 Å². The molecule has 0 spiro atoms. The van der Waals surface area contributed by atoms with Gasteiger partial charge in [-0.1, -0.05) is 0 Å². The molecule has 0 bridgehead atoms. The van der Waals surface area contributed by atoms with Crippen molar-refractivity contribution >= 4 is 16.6 Å². The number of fused-ring (bicyclic) bond motifs is 1. The van der Waals surface area contributed by atoms with Crippen molar-refractivity contribution in [3.63, 3.8) is 0 Å². The molecule has 3 heterocycles. The van der Waals surface area contributed by atoms with Crippen LogP contribution in [-0.2, 0) is 11.8 Å². The van der Waals surface area contributed by atoms with Crippen molar-refractivity contribution in [2.45, 2.75) is 37.9 Å². The zero-order valence-corrected chi connectivity index (χ0v) is 17.8. The van der Waals surface area contributed by atoms with E-state index >= 15 is 0 Å². The standard InChI is InChI=1S/C22H27N5O4/c1-22(6-7-22)31-14-3-4-17-16(11-14)20(24-23-17)18-12-19(21(29)26(2)25-18)27-8-5-15(13-28)30-10-9-27/h3-4,11-12,15,28H,5-10,13H2,1-2H3,(H,23,24)/t15-/m0/s1. The van der Waals surface area contributed by atoms with E-state index in [1.807, 2.05) is 23.1 Å². The topological polar surface area (TPSA) is 106 Å². The van der Waals surface area contributed by atoms with E-state index in [1.54, 1.807) is 13.1 Å². The van der Waals surface area contributed by atoms with Crippen LogP contribution in [0, 0.1) is 0 Å². The average Bonchev–Trinajstić information content (AvgIpc) is 3.41. The van der Waals surface area contributed by atoms with E-state index in [1.165, 1.54) is 4.68 Å². The molecule has 1 saturated heterocycles. The maximum atomic E-state index is 12.9. The molecule has 1 saturated carbocycles. The molecule has 2 aromatic heterocycles. The van der Waals surface area contributed by atoms with Crippen molar-refractivity contribution in [3.05, 3.63) is 34.6 Å². The van der Waals surface area contributed by atoms with E-state index in [-0.39, 0.29) is 23.9 Å². The molecule has 9 nitrogen and oxygen atoms in total. The van der Waals surface area contributed by atoms with Crippen molar-refractivity contribution in [2.24, 2.45) is 7.05 Å². The van der Waals surface area contributed by atoms with E-state index in [2.05, 4.69) is 22.2 Å². The van der Waals surface area contributed by atoms with Crippen LogP contribution < -0.4 is 15.2 Å². The second-order valence-corrected chi connectivity index (χ2v) is 8.63. The van der Waals surface area contributed by atoms with Gasteiger partial charge in [0.2, 0.25) is 0 Å². The summed E-state index contributed by atoms with van der Waals surface area (Å²) >= 11 is 0. The minimum atomic E-state index is -0.197. The number of ether oxygens (including phenoxy) is 2. The summed E-state index contributed by atoms with van der Waals surface area (Å²) in [5.41, 5.74) is 2.50. The number of anilines is 1. The summed E-state index contributed by atoms with van der Waals surface area (Å²) in [4.78, 5) is 14.9. The lowest BCUT2D eigenvalue weighted by Crippen LogP contribution is -2.34. The first kappa shape index (κ1) is 20.0. The van der Waals surface area contributed by atoms with E-state index in [9.17, 15) is 9.90 Å². The number of hydrogen-bond donors (Lipinski definition) is 2. The van der Waals surface area contributed by atoms with Gasteiger partial charge in [-0.25, -0.2) is 4.68 Å². The molecule has 0 amide bonds. The second-order valence-electron chi connectivity index (χ2n) is 8.63. The highest BCUT2D eigenvalue weighted by Gasteiger charge is 2.40. The third-order valence-electron chi connectivity index (χ3n) is 6.12. The molecular weight excluding hydrogens is 398 g/mol. The summed E-state index contributed by atoms with van der Waals surface area (Å²) in [6.07, 6.45) is 2.58. The van der Waals surface area contributed by atoms with Gasteiger partial charge in [0.05, 0.1) is 24.8 Å². The van der Waals surface area contributed by atoms with Crippen LogP contribution in [0.15, 0.2) is 29.1 Å². The fraction of sp³-hybridized carbons (Fsp3) is 0.500. The van der Waals surface area contributed by atoms with Crippen molar-refractivity contribution in [3.8, 4) is 17.1 Å². The molecule has 3 aromatic rings. The summed E-state index contributed by atoms with van der Waals surface area (Å²) in [5.74, 6) is 0.805. The lowest BCUT2D eigenvalue weighted by Gasteiger charge is -2.22. The van der Waals surface area contributed by atoms with Gasteiger partial charge in [-0.3, -0.25) is 9.89 Å². The molecular formula is C22H27N5O4. The Bertz CT molecular complexity index is 1170. The quantitative estimate of drug-likeness (QED) is 0.643. The molecule has 2 fully saturated rings. The molecule has 1 aliphatic heterocycles. The Morgan fingerprint density at radius 1 is 1.32 bits per heavy atom. The number of aliphatic hydroxyl groups excluding tert-OH is 1. The average molecular weight is 425 g/mol. The fourth-order valence-corrected chi connectivity index (χ4v) is 3.96. The predicted molar refractivity (Wildman–Crippen MR) is 116 cm³/mol. The third-order valence-corrected chi connectivity index (χ3v) is 6.12. The number of aromatic amines is 1. The van der Waals surface area contributed by atoms with Crippen LogP contribution in [0.25, 0.3) is 22.3 Å². The van der Waals surface area contributed by atoms with Crippen molar-refractivity contribution in [2.75, 3.05) is 31.2 Å². The van der Waals surface area contributed by atoms with Crippen LogP contribution in [0.1, 0.15) is 26.2 Å². The molecule has 2 N–H and O–H groups in total. The number of hydrogen-bond acceptors (Lipinski definition) is 7. The Kier molecular flexibility index (Phi) is 4.94. The molecule has 2 aliphatic rings. The summed E-state index contributed by atoms with van der Waals surface area (Å²) in [6.45, 7) is 3.75. The van der Waals surface area contributed by atoms with Crippen LogP contribution >= 0.6 is 0 Å². The van der Waals surface area contributed by atoms with Gasteiger partial charge in [0.1, 0.15) is 28.4 Å². The van der Waals surface area contributed by atoms with Crippen LogP contribution in [0.4, 0.5) is 5.69 Å². The Morgan fingerprint density at radius 2 is 2.16 bits per heavy atom. The van der Waals surface area contributed by atoms with Gasteiger partial charge in [0.25, 0.3) is 5.56 Å². The fourth-order valence-electron chi connectivity index (χ4n) is 3.96. The van der Waals surface area contributed by atoms with Crippen molar-refractivity contribution in [1.29, 1.82) is 0 Å². The summed E-state index contributed by atoms with van der Waals surface area (Å²) in [5, 5.41) is 22.3. The summed E-state index contributed by atoms with van der Waals surface area (Å²) < 4.78 is 13.1. The van der Waals surface area contributed by atoms with E-state index in [0.717, 1.165) is 29.5 Å². The Labute approximate surface area is 179 Å². The number of nitrogens with one attached hydrogen (secondary N) is 1. The first-order valence-corrected chi connectivity index (χ1v) is 10.7. The highest BCUT2D eigenvalue weighted by atomic mass is 16.5.